The Balaban J connectivity index is 3.49. The minimum absolute atomic E-state index is 0.000000000000000222. The molecule has 0 aromatic heterocycles. The number of hydrogen-bond donors (Lipinski definition) is 0. The number of Topliss-reactive ketones (excluding diaryl/α,β-unsaturated/α-hetero) is 1. The summed E-state index contributed by atoms with van der Waals surface area (Å²) in [6.45, 7) is 5.35. The average molecular weight is 130 g/mol. The van der Waals surface area contributed by atoms with E-state index in [0.29, 0.717) is 16.1 Å². The van der Waals surface area contributed by atoms with Crippen LogP contribution in [0.2, 0.25) is 0 Å². The van der Waals surface area contributed by atoms with Crippen LogP contribution in [0.3, 0.4) is 0 Å². The molecule has 0 aromatic rings. The van der Waals surface area contributed by atoms with Gasteiger partial charge >= 0.3 is 0 Å². The predicted molar refractivity (Wildman–Crippen MR) is 35.7 cm³/mol. The van der Waals surface area contributed by atoms with Crippen molar-refractivity contribution in [3.05, 3.63) is 12.2 Å². The SMILES string of the molecule is C=C(C)C(=O)CO[SiH3]. The van der Waals surface area contributed by atoms with Crippen LogP contribution in [0.5, 0.6) is 0 Å². The van der Waals surface area contributed by atoms with Crippen LogP contribution < -0.4 is 0 Å². The maximum atomic E-state index is 10.5. The minimum Gasteiger partial charge on any atom is -0.420 e. The van der Waals surface area contributed by atoms with E-state index < -0.39 is 0 Å². The van der Waals surface area contributed by atoms with Crippen molar-refractivity contribution < 1.29 is 9.22 Å². The van der Waals surface area contributed by atoms with Gasteiger partial charge in [-0.3, -0.25) is 4.79 Å². The average Bonchev–Trinajstić information content (AvgIpc) is 1.67. The van der Waals surface area contributed by atoms with Gasteiger partial charge in [0.1, 0.15) is 10.5 Å². The number of hydrogen-bond acceptors (Lipinski definition) is 2. The van der Waals surface area contributed by atoms with Crippen molar-refractivity contribution in [1.82, 2.24) is 0 Å². The molecular formula is C5H10O2Si. The lowest BCUT2D eigenvalue weighted by Crippen LogP contribution is -2.06. The molecule has 0 saturated heterocycles. The van der Waals surface area contributed by atoms with Crippen LogP contribution in [-0.2, 0) is 9.22 Å². The highest BCUT2D eigenvalue weighted by Gasteiger charge is 1.97. The van der Waals surface area contributed by atoms with Crippen LogP contribution in [0.1, 0.15) is 6.92 Å². The van der Waals surface area contributed by atoms with E-state index in [-0.39, 0.29) is 12.4 Å². The van der Waals surface area contributed by atoms with Crippen LogP contribution in [0.15, 0.2) is 12.2 Å². The molecule has 46 valence electrons. The quantitative estimate of drug-likeness (QED) is 0.378. The van der Waals surface area contributed by atoms with Gasteiger partial charge in [-0.2, -0.15) is 0 Å². The van der Waals surface area contributed by atoms with Crippen molar-refractivity contribution in [2.24, 2.45) is 0 Å². The topological polar surface area (TPSA) is 26.3 Å². The van der Waals surface area contributed by atoms with Gasteiger partial charge in [-0.05, 0) is 12.5 Å². The first-order valence-electron chi connectivity index (χ1n) is 2.36. The van der Waals surface area contributed by atoms with Gasteiger partial charge in [-0.25, -0.2) is 0 Å². The molecule has 0 rings (SSSR count). The summed E-state index contributed by atoms with van der Waals surface area (Å²) >= 11 is 0. The summed E-state index contributed by atoms with van der Waals surface area (Å²) in [4.78, 5) is 10.5. The lowest BCUT2D eigenvalue weighted by Gasteiger charge is -1.94. The Morgan fingerprint density at radius 1 is 1.88 bits per heavy atom. The molecule has 8 heavy (non-hydrogen) atoms. The lowest BCUT2D eigenvalue weighted by atomic mass is 10.2. The molecule has 0 aliphatic rings. The van der Waals surface area contributed by atoms with E-state index in [1.54, 1.807) is 6.92 Å². The lowest BCUT2D eigenvalue weighted by molar-refractivity contribution is -0.117. The zero-order chi connectivity index (χ0) is 6.57. The number of carbonyl (C=O) groups excluding carboxylic acids is 1. The fraction of sp³-hybridized carbons (Fsp3) is 0.400. The number of carbonyl (C=O) groups is 1. The highest BCUT2D eigenvalue weighted by atomic mass is 28.2. The molecule has 0 spiro atoms. The summed E-state index contributed by atoms with van der Waals surface area (Å²) in [7, 11) is 0.621. The molecule has 0 amide bonds. The van der Waals surface area contributed by atoms with Crippen LogP contribution >= 0.6 is 0 Å². The molecule has 0 heterocycles. The largest absolute Gasteiger partial charge is 0.420 e. The zero-order valence-corrected chi connectivity index (χ0v) is 7.23. The molecule has 3 heteroatoms. The molecule has 0 N–H and O–H groups in total. The van der Waals surface area contributed by atoms with E-state index in [1.807, 2.05) is 0 Å². The third-order valence-corrected chi connectivity index (χ3v) is 1.04. The van der Waals surface area contributed by atoms with Gasteiger partial charge in [0, 0.05) is 0 Å². The normalized spacial score (nSPS) is 9.12. The van der Waals surface area contributed by atoms with E-state index in [2.05, 4.69) is 6.58 Å². The first-order valence-corrected chi connectivity index (χ1v) is 3.17. The molecule has 0 aliphatic heterocycles. The molecule has 0 atom stereocenters. The maximum absolute atomic E-state index is 10.5. The highest BCUT2D eigenvalue weighted by molar-refractivity contribution is 6.02. The van der Waals surface area contributed by atoms with E-state index in [1.165, 1.54) is 0 Å². The molecule has 0 saturated carbocycles. The van der Waals surface area contributed by atoms with E-state index in [0.717, 1.165) is 0 Å². The van der Waals surface area contributed by atoms with Gasteiger partial charge in [-0.1, -0.05) is 6.58 Å². The summed E-state index contributed by atoms with van der Waals surface area (Å²) < 4.78 is 4.69. The molecular weight excluding hydrogens is 120 g/mol. The molecule has 0 radical (unpaired) electrons. The van der Waals surface area contributed by atoms with Gasteiger partial charge in [0.15, 0.2) is 5.78 Å². The first kappa shape index (κ1) is 7.59. The van der Waals surface area contributed by atoms with Crippen LogP contribution in [-0.4, -0.2) is 22.9 Å². The third kappa shape index (κ3) is 2.71. The first-order chi connectivity index (χ1) is 3.68. The Morgan fingerprint density at radius 3 is 2.50 bits per heavy atom. The van der Waals surface area contributed by atoms with Crippen molar-refractivity contribution >= 4 is 16.3 Å². The molecule has 0 unspecified atom stereocenters. The van der Waals surface area contributed by atoms with Crippen molar-refractivity contribution in [2.45, 2.75) is 6.92 Å². The fourth-order valence-electron chi connectivity index (χ4n) is 0.254. The van der Waals surface area contributed by atoms with E-state index in [9.17, 15) is 4.79 Å². The Hall–Kier alpha value is -0.413. The summed E-state index contributed by atoms with van der Waals surface area (Å²) in [6.07, 6.45) is 0. The fourth-order valence-corrected chi connectivity index (χ4v) is 0.516. The molecule has 0 fully saturated rings. The summed E-state index contributed by atoms with van der Waals surface area (Å²) in [6, 6.07) is 0. The monoisotopic (exact) mass is 130 g/mol. The van der Waals surface area contributed by atoms with Gasteiger partial charge in [0.25, 0.3) is 0 Å². The van der Waals surface area contributed by atoms with Gasteiger partial charge in [0.05, 0.1) is 6.61 Å². The summed E-state index contributed by atoms with van der Waals surface area (Å²) in [5.74, 6) is 0.000000000000000222. The van der Waals surface area contributed by atoms with E-state index in [4.69, 9.17) is 4.43 Å². The van der Waals surface area contributed by atoms with Crippen LogP contribution in [0, 0.1) is 0 Å². The molecule has 0 bridgehead atoms. The molecule has 0 aromatic carbocycles. The van der Waals surface area contributed by atoms with E-state index >= 15 is 0 Å². The molecule has 2 nitrogen and oxygen atoms in total. The van der Waals surface area contributed by atoms with Crippen LogP contribution in [0.4, 0.5) is 0 Å². The van der Waals surface area contributed by atoms with Crippen molar-refractivity contribution in [3.8, 4) is 0 Å². The summed E-state index contributed by atoms with van der Waals surface area (Å²) in [5, 5.41) is 0. The summed E-state index contributed by atoms with van der Waals surface area (Å²) in [5.41, 5.74) is 0.570. The Kier molecular flexibility index (Phi) is 3.39. The minimum atomic E-state index is 0.000000000000000222. The second-order valence-corrected chi connectivity index (χ2v) is 2.21. The van der Waals surface area contributed by atoms with Gasteiger partial charge < -0.3 is 4.43 Å². The smallest absolute Gasteiger partial charge is 0.182 e. The Labute approximate surface area is 52.1 Å². The van der Waals surface area contributed by atoms with Crippen molar-refractivity contribution in [1.29, 1.82) is 0 Å². The second-order valence-electron chi connectivity index (χ2n) is 1.64. The van der Waals surface area contributed by atoms with Gasteiger partial charge in [-0.15, -0.1) is 0 Å². The second kappa shape index (κ2) is 3.57. The molecule has 0 aliphatic carbocycles. The highest BCUT2D eigenvalue weighted by Crippen LogP contribution is 1.87. The Bertz CT molecular complexity index is 109. The van der Waals surface area contributed by atoms with Crippen LogP contribution in [0.25, 0.3) is 0 Å². The zero-order valence-electron chi connectivity index (χ0n) is 5.23. The van der Waals surface area contributed by atoms with Crippen molar-refractivity contribution in [2.75, 3.05) is 6.61 Å². The number of ketones is 1. The number of rotatable bonds is 3. The van der Waals surface area contributed by atoms with Crippen molar-refractivity contribution in [3.63, 3.8) is 0 Å². The van der Waals surface area contributed by atoms with Gasteiger partial charge in [0.2, 0.25) is 0 Å². The third-order valence-electron chi connectivity index (χ3n) is 0.751. The Morgan fingerprint density at radius 2 is 2.38 bits per heavy atom. The maximum Gasteiger partial charge on any atom is 0.182 e. The standard InChI is InChI=1S/C5H10O2Si/c1-4(2)5(6)3-7-8/h1,3H2,2,8H3. The predicted octanol–water partition coefficient (Wildman–Crippen LogP) is -0.571.